The number of benzene rings is 1. The van der Waals surface area contributed by atoms with Crippen molar-refractivity contribution in [1.82, 2.24) is 4.72 Å². The van der Waals surface area contributed by atoms with Crippen molar-refractivity contribution in [2.75, 3.05) is 0 Å². The first-order chi connectivity index (χ1) is 10.3. The first kappa shape index (κ1) is 18.1. The van der Waals surface area contributed by atoms with E-state index in [1.165, 1.54) is 24.3 Å². The molecule has 120 valence electrons. The molecule has 0 aliphatic carbocycles. The van der Waals surface area contributed by atoms with Crippen molar-refractivity contribution in [3.8, 4) is 0 Å². The molecule has 0 aromatic heterocycles. The third kappa shape index (κ3) is 5.11. The van der Waals surface area contributed by atoms with E-state index < -0.39 is 20.6 Å². The van der Waals surface area contributed by atoms with Gasteiger partial charge in [0.1, 0.15) is 0 Å². The third-order valence-electron chi connectivity index (χ3n) is 2.98. The molecule has 0 fully saturated rings. The van der Waals surface area contributed by atoms with Crippen LogP contribution in [-0.4, -0.2) is 19.4 Å². The molecular formula is C15H20N2O4S. The number of nitro benzene ring substituents is 1. The fourth-order valence-electron chi connectivity index (χ4n) is 2.11. The number of nitro groups is 1. The molecule has 0 aliphatic rings. The maximum atomic E-state index is 12.4. The van der Waals surface area contributed by atoms with E-state index in [0.717, 1.165) is 0 Å². The molecule has 0 saturated heterocycles. The summed E-state index contributed by atoms with van der Waals surface area (Å²) in [7, 11) is -3.97. The van der Waals surface area contributed by atoms with Crippen molar-refractivity contribution in [3.05, 3.63) is 52.8 Å². The Labute approximate surface area is 130 Å². The van der Waals surface area contributed by atoms with Crippen LogP contribution < -0.4 is 4.72 Å². The molecule has 1 rings (SSSR count). The predicted molar refractivity (Wildman–Crippen MR) is 85.0 cm³/mol. The van der Waals surface area contributed by atoms with Gasteiger partial charge in [-0.2, -0.15) is 0 Å². The molecular weight excluding hydrogens is 304 g/mol. The molecule has 0 saturated carbocycles. The Morgan fingerprint density at radius 2 is 2.05 bits per heavy atom. The number of rotatable bonds is 8. The van der Waals surface area contributed by atoms with Crippen molar-refractivity contribution in [2.24, 2.45) is 5.92 Å². The largest absolute Gasteiger partial charge is 0.289 e. The third-order valence-corrected chi connectivity index (χ3v) is 4.54. The minimum atomic E-state index is -3.97. The Balaban J connectivity index is 3.11. The smallest absolute Gasteiger partial charge is 0.258 e. The number of hydrogen-bond donors (Lipinski definition) is 1. The summed E-state index contributed by atoms with van der Waals surface area (Å²) in [5.74, 6) is 0.275. The van der Waals surface area contributed by atoms with E-state index in [1.54, 1.807) is 6.08 Å². The zero-order valence-corrected chi connectivity index (χ0v) is 13.5. The van der Waals surface area contributed by atoms with Crippen molar-refractivity contribution < 1.29 is 13.3 Å². The molecule has 1 atom stereocenters. The topological polar surface area (TPSA) is 89.3 Å². The van der Waals surface area contributed by atoms with Gasteiger partial charge >= 0.3 is 0 Å². The Bertz CT molecular complexity index is 677. The number of nitrogens with zero attached hydrogens (tertiary/aromatic N) is 1. The van der Waals surface area contributed by atoms with E-state index in [-0.39, 0.29) is 16.9 Å². The molecule has 0 amide bonds. The van der Waals surface area contributed by atoms with Crippen molar-refractivity contribution in [1.29, 1.82) is 0 Å². The van der Waals surface area contributed by atoms with Crippen LogP contribution in [0.5, 0.6) is 0 Å². The molecule has 0 aliphatic heterocycles. The quantitative estimate of drug-likeness (QED) is 0.452. The Kier molecular flexibility index (Phi) is 6.49. The monoisotopic (exact) mass is 324 g/mol. The van der Waals surface area contributed by atoms with E-state index in [2.05, 4.69) is 17.0 Å². The van der Waals surface area contributed by atoms with Gasteiger partial charge in [-0.25, -0.2) is 13.1 Å². The lowest BCUT2D eigenvalue weighted by atomic mass is 10.0. The second-order valence-corrected chi connectivity index (χ2v) is 7.00. The minimum absolute atomic E-state index is 0.275. The second-order valence-electron chi connectivity index (χ2n) is 5.32. The highest BCUT2D eigenvalue weighted by Gasteiger charge is 2.27. The van der Waals surface area contributed by atoms with Crippen LogP contribution in [0, 0.1) is 16.0 Å². The fraction of sp³-hybridized carbons (Fsp3) is 0.400. The summed E-state index contributed by atoms with van der Waals surface area (Å²) in [5, 5.41) is 11.0. The average molecular weight is 324 g/mol. The molecule has 0 radical (unpaired) electrons. The van der Waals surface area contributed by atoms with Gasteiger partial charge in [-0.1, -0.05) is 32.6 Å². The van der Waals surface area contributed by atoms with Crippen LogP contribution in [-0.2, 0) is 10.0 Å². The number of hydrogen-bond acceptors (Lipinski definition) is 4. The summed E-state index contributed by atoms with van der Waals surface area (Å²) in [6.07, 6.45) is 2.69. The number of para-hydroxylation sites is 1. The average Bonchev–Trinajstić information content (AvgIpc) is 2.43. The Morgan fingerprint density at radius 1 is 1.41 bits per heavy atom. The maximum absolute atomic E-state index is 12.4. The van der Waals surface area contributed by atoms with Gasteiger partial charge in [0.05, 0.1) is 4.92 Å². The molecule has 1 aromatic carbocycles. The van der Waals surface area contributed by atoms with E-state index in [4.69, 9.17) is 0 Å². The molecule has 0 spiro atoms. The van der Waals surface area contributed by atoms with Crippen LogP contribution in [0.1, 0.15) is 26.7 Å². The van der Waals surface area contributed by atoms with Crippen LogP contribution in [0.4, 0.5) is 5.69 Å². The van der Waals surface area contributed by atoms with E-state index in [0.29, 0.717) is 12.8 Å². The summed E-state index contributed by atoms with van der Waals surface area (Å²) < 4.78 is 27.4. The molecule has 1 aromatic rings. The highest BCUT2D eigenvalue weighted by Crippen LogP contribution is 2.23. The number of sulfonamides is 1. The summed E-state index contributed by atoms with van der Waals surface area (Å²) in [4.78, 5) is 9.97. The van der Waals surface area contributed by atoms with E-state index in [1.807, 2.05) is 13.8 Å². The lowest BCUT2D eigenvalue weighted by Crippen LogP contribution is -2.35. The second kappa shape index (κ2) is 7.89. The summed E-state index contributed by atoms with van der Waals surface area (Å²) >= 11 is 0. The first-order valence-corrected chi connectivity index (χ1v) is 8.36. The van der Waals surface area contributed by atoms with Crippen LogP contribution in [0.25, 0.3) is 0 Å². The van der Waals surface area contributed by atoms with Gasteiger partial charge in [0.15, 0.2) is 4.90 Å². The van der Waals surface area contributed by atoms with Gasteiger partial charge in [0.25, 0.3) is 5.69 Å². The van der Waals surface area contributed by atoms with E-state index in [9.17, 15) is 18.5 Å². The lowest BCUT2D eigenvalue weighted by Gasteiger charge is -2.19. The highest BCUT2D eigenvalue weighted by molar-refractivity contribution is 7.89. The van der Waals surface area contributed by atoms with Gasteiger partial charge in [0.2, 0.25) is 10.0 Å². The van der Waals surface area contributed by atoms with Crippen LogP contribution in [0.15, 0.2) is 47.5 Å². The van der Waals surface area contributed by atoms with Gasteiger partial charge in [-0.05, 0) is 30.9 Å². The van der Waals surface area contributed by atoms with Crippen LogP contribution in [0.3, 0.4) is 0 Å². The normalized spacial score (nSPS) is 12.7. The lowest BCUT2D eigenvalue weighted by molar-refractivity contribution is -0.387. The van der Waals surface area contributed by atoms with Crippen molar-refractivity contribution in [2.45, 2.75) is 37.6 Å². The van der Waals surface area contributed by atoms with Crippen LogP contribution >= 0.6 is 0 Å². The van der Waals surface area contributed by atoms with Gasteiger partial charge < -0.3 is 0 Å². The van der Waals surface area contributed by atoms with Crippen molar-refractivity contribution >= 4 is 15.7 Å². The minimum Gasteiger partial charge on any atom is -0.258 e. The zero-order chi connectivity index (χ0) is 16.8. The number of nitrogens with one attached hydrogen (secondary N) is 1. The maximum Gasteiger partial charge on any atom is 0.289 e. The first-order valence-electron chi connectivity index (χ1n) is 6.88. The molecule has 0 heterocycles. The fourth-order valence-corrected chi connectivity index (χ4v) is 3.54. The van der Waals surface area contributed by atoms with E-state index >= 15 is 0 Å². The molecule has 1 N–H and O–H groups in total. The van der Waals surface area contributed by atoms with Gasteiger partial charge in [-0.15, -0.1) is 5.73 Å². The van der Waals surface area contributed by atoms with Gasteiger partial charge in [0, 0.05) is 12.1 Å². The Morgan fingerprint density at radius 3 is 2.59 bits per heavy atom. The molecule has 7 heteroatoms. The SMILES string of the molecule is C=C=CC[C@H](CC(C)C)NS(=O)(=O)c1ccccc1[N+](=O)[O-]. The molecule has 0 bridgehead atoms. The van der Waals surface area contributed by atoms with Crippen LogP contribution in [0.2, 0.25) is 0 Å². The zero-order valence-electron chi connectivity index (χ0n) is 12.7. The highest BCUT2D eigenvalue weighted by atomic mass is 32.2. The predicted octanol–water partition coefficient (Wildman–Crippen LogP) is 3.02. The molecule has 6 nitrogen and oxygen atoms in total. The summed E-state index contributed by atoms with van der Waals surface area (Å²) in [5.41, 5.74) is 2.18. The van der Waals surface area contributed by atoms with Gasteiger partial charge in [-0.3, -0.25) is 10.1 Å². The van der Waals surface area contributed by atoms with Crippen molar-refractivity contribution in [3.63, 3.8) is 0 Å². The standard InChI is InChI=1S/C15H20N2O4S/c1-4-5-8-13(11-12(2)3)16-22(20,21)15-10-7-6-9-14(15)17(18)19/h5-7,9-10,12-13,16H,1,8,11H2,2-3H3/t13-/m1/s1. The molecule has 22 heavy (non-hydrogen) atoms. The summed E-state index contributed by atoms with van der Waals surface area (Å²) in [6, 6.07) is 4.94. The Hall–Kier alpha value is -1.95. The summed E-state index contributed by atoms with van der Waals surface area (Å²) in [6.45, 7) is 7.41. The molecule has 0 unspecified atom stereocenters.